The summed E-state index contributed by atoms with van der Waals surface area (Å²) < 4.78 is 28.5. The van der Waals surface area contributed by atoms with Crippen LogP contribution in [0.15, 0.2) is 60.9 Å². The Morgan fingerprint density at radius 2 is 1.60 bits per heavy atom. The van der Waals surface area contributed by atoms with Gasteiger partial charge in [0.15, 0.2) is 0 Å². The molecule has 1 saturated carbocycles. The van der Waals surface area contributed by atoms with Gasteiger partial charge >= 0.3 is 0 Å². The predicted octanol–water partition coefficient (Wildman–Crippen LogP) is 5.18. The Balaban J connectivity index is 1.57. The third-order valence-corrected chi connectivity index (χ3v) is 5.75. The minimum atomic E-state index is -0.356. The van der Waals surface area contributed by atoms with E-state index in [1.807, 2.05) is 15.7 Å². The van der Waals surface area contributed by atoms with Crippen molar-refractivity contribution >= 4 is 5.91 Å². The Morgan fingerprint density at radius 3 is 2.27 bits per heavy atom. The maximum atomic E-state index is 13.3. The molecule has 0 unspecified atom stereocenters. The maximum Gasteiger partial charge on any atom is 0.254 e. The molecule has 4 nitrogen and oxygen atoms in total. The van der Waals surface area contributed by atoms with E-state index < -0.39 is 0 Å². The molecule has 0 saturated heterocycles. The average Bonchev–Trinajstić information content (AvgIpc) is 3.21. The largest absolute Gasteiger partial charge is 0.329 e. The lowest BCUT2D eigenvalue weighted by atomic mass is 9.93. The summed E-state index contributed by atoms with van der Waals surface area (Å²) in [5.41, 5.74) is 1.45. The Labute approximate surface area is 175 Å². The molecular formula is C24H25F2N3O. The molecule has 1 amide bonds. The van der Waals surface area contributed by atoms with Crippen LogP contribution in [0.25, 0.3) is 0 Å². The fourth-order valence-electron chi connectivity index (χ4n) is 4.09. The Hall–Kier alpha value is -3.02. The molecule has 30 heavy (non-hydrogen) atoms. The van der Waals surface area contributed by atoms with Crippen LogP contribution in [-0.4, -0.2) is 26.4 Å². The molecule has 0 aliphatic heterocycles. The number of rotatable bonds is 6. The van der Waals surface area contributed by atoms with Crippen molar-refractivity contribution in [3.05, 3.63) is 89.5 Å². The second kappa shape index (κ2) is 9.20. The molecule has 2 aromatic carbocycles. The van der Waals surface area contributed by atoms with Gasteiger partial charge in [0.1, 0.15) is 17.5 Å². The van der Waals surface area contributed by atoms with Crippen LogP contribution in [0.2, 0.25) is 0 Å². The fourth-order valence-corrected chi connectivity index (χ4v) is 4.09. The summed E-state index contributed by atoms with van der Waals surface area (Å²) in [6.45, 7) is 0.938. The highest BCUT2D eigenvalue weighted by Crippen LogP contribution is 2.26. The molecule has 6 heteroatoms. The number of imidazole rings is 1. The van der Waals surface area contributed by atoms with E-state index >= 15 is 0 Å². The number of carbonyl (C=O) groups is 1. The standard InChI is InChI=1S/C24H25F2N3O/c25-20-10-6-18(7-11-20)16-28-15-14-27-23(28)17-29(22-4-2-1-3-5-22)24(30)19-8-12-21(26)13-9-19/h6-15,22H,1-5,16-17H2. The lowest BCUT2D eigenvalue weighted by Gasteiger charge is -2.34. The number of halogens is 2. The average molecular weight is 409 g/mol. The molecule has 156 valence electrons. The van der Waals surface area contributed by atoms with Crippen molar-refractivity contribution in [3.63, 3.8) is 0 Å². The molecule has 1 aliphatic carbocycles. The zero-order valence-corrected chi connectivity index (χ0v) is 16.8. The number of nitrogens with zero attached hydrogens (tertiary/aromatic N) is 3. The van der Waals surface area contributed by atoms with Crippen LogP contribution in [0.4, 0.5) is 8.78 Å². The Bertz CT molecular complexity index is 976. The third kappa shape index (κ3) is 4.75. The first-order valence-electron chi connectivity index (χ1n) is 10.4. The second-order valence-corrected chi connectivity index (χ2v) is 7.83. The van der Waals surface area contributed by atoms with E-state index in [9.17, 15) is 13.6 Å². The summed E-state index contributed by atoms with van der Waals surface area (Å²) >= 11 is 0. The highest BCUT2D eigenvalue weighted by Gasteiger charge is 2.27. The summed E-state index contributed by atoms with van der Waals surface area (Å²) in [7, 11) is 0. The third-order valence-electron chi connectivity index (χ3n) is 5.75. The molecule has 0 atom stereocenters. The van der Waals surface area contributed by atoms with Crippen LogP contribution in [0.3, 0.4) is 0 Å². The van der Waals surface area contributed by atoms with Gasteiger partial charge < -0.3 is 9.47 Å². The zero-order chi connectivity index (χ0) is 20.9. The van der Waals surface area contributed by atoms with Gasteiger partial charge in [-0.1, -0.05) is 31.4 Å². The number of aromatic nitrogens is 2. The van der Waals surface area contributed by atoms with E-state index in [0.29, 0.717) is 18.7 Å². The van der Waals surface area contributed by atoms with E-state index in [1.165, 1.54) is 30.7 Å². The molecule has 1 aliphatic rings. The van der Waals surface area contributed by atoms with E-state index in [0.717, 1.165) is 37.1 Å². The van der Waals surface area contributed by atoms with Crippen molar-refractivity contribution in [1.82, 2.24) is 14.5 Å². The van der Waals surface area contributed by atoms with Gasteiger partial charge in [0.05, 0.1) is 6.54 Å². The Morgan fingerprint density at radius 1 is 0.967 bits per heavy atom. The first-order chi connectivity index (χ1) is 14.6. The van der Waals surface area contributed by atoms with E-state index in [-0.39, 0.29) is 23.6 Å². The topological polar surface area (TPSA) is 38.1 Å². The molecule has 3 aromatic rings. The zero-order valence-electron chi connectivity index (χ0n) is 16.8. The van der Waals surface area contributed by atoms with Crippen LogP contribution < -0.4 is 0 Å². The van der Waals surface area contributed by atoms with E-state index in [1.54, 1.807) is 30.5 Å². The van der Waals surface area contributed by atoms with Crippen LogP contribution in [0.1, 0.15) is 53.8 Å². The van der Waals surface area contributed by atoms with Gasteiger partial charge in [-0.05, 0) is 54.8 Å². The first-order valence-corrected chi connectivity index (χ1v) is 10.4. The SMILES string of the molecule is O=C(c1ccc(F)cc1)N(Cc1nccn1Cc1ccc(F)cc1)C1CCCCC1. The highest BCUT2D eigenvalue weighted by atomic mass is 19.1. The van der Waals surface area contributed by atoms with Gasteiger partial charge in [-0.25, -0.2) is 13.8 Å². The summed E-state index contributed by atoms with van der Waals surface area (Å²) in [6, 6.07) is 12.3. The van der Waals surface area contributed by atoms with Gasteiger partial charge in [-0.3, -0.25) is 4.79 Å². The van der Waals surface area contributed by atoms with Crippen molar-refractivity contribution in [2.75, 3.05) is 0 Å². The molecule has 0 spiro atoms. The van der Waals surface area contributed by atoms with Crippen LogP contribution in [0.5, 0.6) is 0 Å². The molecule has 0 N–H and O–H groups in total. The summed E-state index contributed by atoms with van der Waals surface area (Å²) in [5.74, 6) is 0.0576. The number of hydrogen-bond acceptors (Lipinski definition) is 2. The molecule has 4 rings (SSSR count). The molecule has 1 aromatic heterocycles. The fraction of sp³-hybridized carbons (Fsp3) is 0.333. The quantitative estimate of drug-likeness (QED) is 0.562. The van der Waals surface area contributed by atoms with Crippen LogP contribution >= 0.6 is 0 Å². The van der Waals surface area contributed by atoms with Crippen molar-refractivity contribution in [2.24, 2.45) is 0 Å². The summed E-state index contributed by atoms with van der Waals surface area (Å²) in [4.78, 5) is 19.7. The number of benzene rings is 2. The number of carbonyl (C=O) groups excluding carboxylic acids is 1. The minimum Gasteiger partial charge on any atom is -0.329 e. The molecule has 0 radical (unpaired) electrons. The van der Waals surface area contributed by atoms with Crippen LogP contribution in [-0.2, 0) is 13.1 Å². The predicted molar refractivity (Wildman–Crippen MR) is 111 cm³/mol. The van der Waals surface area contributed by atoms with Crippen molar-refractivity contribution < 1.29 is 13.6 Å². The minimum absolute atomic E-state index is 0.0989. The molecule has 1 fully saturated rings. The van der Waals surface area contributed by atoms with Crippen molar-refractivity contribution in [3.8, 4) is 0 Å². The number of hydrogen-bond donors (Lipinski definition) is 0. The van der Waals surface area contributed by atoms with Gasteiger partial charge in [0, 0.05) is 30.5 Å². The van der Waals surface area contributed by atoms with Gasteiger partial charge in [0.2, 0.25) is 0 Å². The van der Waals surface area contributed by atoms with Gasteiger partial charge in [-0.2, -0.15) is 0 Å². The summed E-state index contributed by atoms with van der Waals surface area (Å²) in [5, 5.41) is 0. The van der Waals surface area contributed by atoms with Gasteiger partial charge in [0.25, 0.3) is 5.91 Å². The maximum absolute atomic E-state index is 13.3. The smallest absolute Gasteiger partial charge is 0.254 e. The number of amides is 1. The molecular weight excluding hydrogens is 384 g/mol. The first kappa shape index (κ1) is 20.3. The second-order valence-electron chi connectivity index (χ2n) is 7.83. The lowest BCUT2D eigenvalue weighted by molar-refractivity contribution is 0.0605. The molecule has 0 bridgehead atoms. The van der Waals surface area contributed by atoms with Gasteiger partial charge in [-0.15, -0.1) is 0 Å². The van der Waals surface area contributed by atoms with Crippen molar-refractivity contribution in [1.29, 1.82) is 0 Å². The summed E-state index contributed by atoms with van der Waals surface area (Å²) in [6.07, 6.45) is 8.91. The Kier molecular flexibility index (Phi) is 6.21. The van der Waals surface area contributed by atoms with E-state index in [4.69, 9.17) is 0 Å². The van der Waals surface area contributed by atoms with Crippen molar-refractivity contribution in [2.45, 2.75) is 51.2 Å². The highest BCUT2D eigenvalue weighted by molar-refractivity contribution is 5.94. The normalized spacial score (nSPS) is 14.6. The van der Waals surface area contributed by atoms with Crippen LogP contribution in [0, 0.1) is 11.6 Å². The monoisotopic (exact) mass is 409 g/mol. The lowest BCUT2D eigenvalue weighted by Crippen LogP contribution is -2.41. The molecule has 1 heterocycles. The van der Waals surface area contributed by atoms with E-state index in [2.05, 4.69) is 4.98 Å².